The molecule has 2 heterocycles. The largest absolute Gasteiger partial charge is 0.357 e. The molecule has 0 aliphatic carbocycles. The van der Waals surface area contributed by atoms with Gasteiger partial charge in [0.1, 0.15) is 0 Å². The average Bonchev–Trinajstić information content (AvgIpc) is 2.94. The molecule has 0 aromatic carbocycles. The summed E-state index contributed by atoms with van der Waals surface area (Å²) in [6.45, 7) is 11.1. The van der Waals surface area contributed by atoms with Crippen LogP contribution in [-0.2, 0) is 0 Å². The standard InChI is InChI=1S/C15H30N4.HI/c1-3-16-15(19-11-6-7-12-19)17-9-13-18-10-5-4-8-14(18)2;/h14H,3-13H2,1-2H3,(H,16,17);1H. The lowest BCUT2D eigenvalue weighted by molar-refractivity contribution is 0.165. The number of guanidine groups is 1. The molecule has 2 aliphatic heterocycles. The number of nitrogens with zero attached hydrogens (tertiary/aromatic N) is 3. The molecule has 0 saturated carbocycles. The summed E-state index contributed by atoms with van der Waals surface area (Å²) in [7, 11) is 0. The Morgan fingerprint density at radius 3 is 2.50 bits per heavy atom. The highest BCUT2D eigenvalue weighted by molar-refractivity contribution is 14.0. The molecule has 0 amide bonds. The van der Waals surface area contributed by atoms with Crippen LogP contribution in [0.25, 0.3) is 0 Å². The Morgan fingerprint density at radius 1 is 1.15 bits per heavy atom. The molecule has 0 radical (unpaired) electrons. The fourth-order valence-corrected chi connectivity index (χ4v) is 3.13. The monoisotopic (exact) mass is 394 g/mol. The van der Waals surface area contributed by atoms with Gasteiger partial charge >= 0.3 is 0 Å². The maximum Gasteiger partial charge on any atom is 0.193 e. The van der Waals surface area contributed by atoms with E-state index >= 15 is 0 Å². The van der Waals surface area contributed by atoms with Crippen LogP contribution in [0.3, 0.4) is 0 Å². The Balaban J connectivity index is 0.00000200. The number of hydrogen-bond acceptors (Lipinski definition) is 2. The van der Waals surface area contributed by atoms with Crippen LogP contribution in [-0.4, -0.2) is 61.1 Å². The van der Waals surface area contributed by atoms with Gasteiger partial charge in [0.15, 0.2) is 5.96 Å². The quantitative estimate of drug-likeness (QED) is 0.452. The first-order valence-electron chi connectivity index (χ1n) is 8.08. The molecule has 0 spiro atoms. The minimum atomic E-state index is 0. The molecule has 5 heteroatoms. The maximum atomic E-state index is 4.81. The minimum Gasteiger partial charge on any atom is -0.357 e. The molecule has 2 rings (SSSR count). The van der Waals surface area contributed by atoms with Gasteiger partial charge in [-0.2, -0.15) is 0 Å². The maximum absolute atomic E-state index is 4.81. The van der Waals surface area contributed by atoms with E-state index in [1.165, 1.54) is 51.7 Å². The van der Waals surface area contributed by atoms with Crippen LogP contribution in [0.1, 0.15) is 46.0 Å². The second-order valence-electron chi connectivity index (χ2n) is 5.81. The van der Waals surface area contributed by atoms with Crippen LogP contribution >= 0.6 is 24.0 Å². The van der Waals surface area contributed by atoms with Crippen molar-refractivity contribution in [3.05, 3.63) is 0 Å². The zero-order chi connectivity index (χ0) is 13.5. The van der Waals surface area contributed by atoms with Crippen molar-refractivity contribution in [1.29, 1.82) is 0 Å². The highest BCUT2D eigenvalue weighted by Gasteiger charge is 2.18. The third-order valence-corrected chi connectivity index (χ3v) is 4.33. The number of rotatable bonds is 4. The van der Waals surface area contributed by atoms with Gasteiger partial charge in [-0.1, -0.05) is 6.42 Å². The first kappa shape index (κ1) is 18.0. The van der Waals surface area contributed by atoms with E-state index in [0.717, 1.165) is 31.6 Å². The Bertz CT molecular complexity index is 290. The van der Waals surface area contributed by atoms with Crippen LogP contribution in [0.5, 0.6) is 0 Å². The fraction of sp³-hybridized carbons (Fsp3) is 0.933. The topological polar surface area (TPSA) is 30.9 Å². The fourth-order valence-electron chi connectivity index (χ4n) is 3.13. The summed E-state index contributed by atoms with van der Waals surface area (Å²) in [6.07, 6.45) is 6.74. The highest BCUT2D eigenvalue weighted by Crippen LogP contribution is 2.15. The van der Waals surface area contributed by atoms with Crippen LogP contribution < -0.4 is 5.32 Å². The van der Waals surface area contributed by atoms with Gasteiger partial charge in [0, 0.05) is 32.2 Å². The molecule has 2 fully saturated rings. The summed E-state index contributed by atoms with van der Waals surface area (Å²) < 4.78 is 0. The number of halogens is 1. The van der Waals surface area contributed by atoms with Crippen LogP contribution in [0.4, 0.5) is 0 Å². The molecule has 1 atom stereocenters. The van der Waals surface area contributed by atoms with Gasteiger partial charge in [0.25, 0.3) is 0 Å². The van der Waals surface area contributed by atoms with E-state index in [2.05, 4.69) is 29.0 Å². The highest BCUT2D eigenvalue weighted by atomic mass is 127. The molecule has 118 valence electrons. The molecular weight excluding hydrogens is 363 g/mol. The summed E-state index contributed by atoms with van der Waals surface area (Å²) in [5.74, 6) is 1.13. The summed E-state index contributed by atoms with van der Waals surface area (Å²) in [4.78, 5) is 9.82. The van der Waals surface area contributed by atoms with Gasteiger partial charge < -0.3 is 10.2 Å². The van der Waals surface area contributed by atoms with Crippen molar-refractivity contribution in [2.24, 2.45) is 4.99 Å². The van der Waals surface area contributed by atoms with Gasteiger partial charge in [-0.25, -0.2) is 0 Å². The van der Waals surface area contributed by atoms with Crippen molar-refractivity contribution in [2.45, 2.75) is 52.0 Å². The van der Waals surface area contributed by atoms with E-state index in [1.807, 2.05) is 0 Å². The van der Waals surface area contributed by atoms with E-state index < -0.39 is 0 Å². The SMILES string of the molecule is CCNC(=NCCN1CCCCC1C)N1CCCC1.I. The van der Waals surface area contributed by atoms with Crippen LogP contribution in [0.2, 0.25) is 0 Å². The van der Waals surface area contributed by atoms with Crippen LogP contribution in [0.15, 0.2) is 4.99 Å². The number of piperidine rings is 1. The van der Waals surface area contributed by atoms with Crippen molar-refractivity contribution in [2.75, 3.05) is 39.3 Å². The molecule has 2 aliphatic rings. The molecule has 20 heavy (non-hydrogen) atoms. The zero-order valence-electron chi connectivity index (χ0n) is 13.1. The second-order valence-corrected chi connectivity index (χ2v) is 5.81. The van der Waals surface area contributed by atoms with Gasteiger partial charge in [-0.3, -0.25) is 9.89 Å². The molecular formula is C15H31IN4. The van der Waals surface area contributed by atoms with Gasteiger partial charge in [-0.05, 0) is 46.1 Å². The lowest BCUT2D eigenvalue weighted by Crippen LogP contribution is -2.41. The molecule has 1 N–H and O–H groups in total. The third kappa shape index (κ3) is 5.39. The molecule has 4 nitrogen and oxygen atoms in total. The molecule has 0 aromatic heterocycles. The Labute approximate surface area is 141 Å². The third-order valence-electron chi connectivity index (χ3n) is 4.33. The van der Waals surface area contributed by atoms with E-state index in [1.54, 1.807) is 0 Å². The summed E-state index contributed by atoms with van der Waals surface area (Å²) >= 11 is 0. The van der Waals surface area contributed by atoms with Crippen molar-refractivity contribution in [3.8, 4) is 0 Å². The molecule has 1 unspecified atom stereocenters. The normalized spacial score (nSPS) is 24.6. The first-order chi connectivity index (χ1) is 9.31. The van der Waals surface area contributed by atoms with Gasteiger partial charge in [0.05, 0.1) is 6.54 Å². The lowest BCUT2D eigenvalue weighted by Gasteiger charge is -2.32. The van der Waals surface area contributed by atoms with Gasteiger partial charge in [0.2, 0.25) is 0 Å². The molecule has 0 bridgehead atoms. The predicted octanol–water partition coefficient (Wildman–Crippen LogP) is 2.54. The first-order valence-corrected chi connectivity index (χ1v) is 8.08. The van der Waals surface area contributed by atoms with Gasteiger partial charge in [-0.15, -0.1) is 24.0 Å². The lowest BCUT2D eigenvalue weighted by atomic mass is 10.0. The Kier molecular flexibility index (Phi) is 8.84. The Morgan fingerprint density at radius 2 is 1.85 bits per heavy atom. The van der Waals surface area contributed by atoms with Crippen molar-refractivity contribution < 1.29 is 0 Å². The minimum absolute atomic E-state index is 0. The van der Waals surface area contributed by atoms with E-state index in [0.29, 0.717) is 0 Å². The second kappa shape index (κ2) is 9.82. The van der Waals surface area contributed by atoms with Crippen LogP contribution in [0, 0.1) is 0 Å². The number of nitrogens with one attached hydrogen (secondary N) is 1. The zero-order valence-corrected chi connectivity index (χ0v) is 15.4. The number of likely N-dealkylation sites (tertiary alicyclic amines) is 2. The predicted molar refractivity (Wildman–Crippen MR) is 97.1 cm³/mol. The van der Waals surface area contributed by atoms with E-state index in [4.69, 9.17) is 4.99 Å². The van der Waals surface area contributed by atoms with Crippen molar-refractivity contribution in [1.82, 2.24) is 15.1 Å². The summed E-state index contributed by atoms with van der Waals surface area (Å²) in [6, 6.07) is 0.748. The van der Waals surface area contributed by atoms with Crippen molar-refractivity contribution in [3.63, 3.8) is 0 Å². The van der Waals surface area contributed by atoms with E-state index in [-0.39, 0.29) is 24.0 Å². The van der Waals surface area contributed by atoms with E-state index in [9.17, 15) is 0 Å². The average molecular weight is 394 g/mol. The Hall–Kier alpha value is -0.0400. The molecule has 2 saturated heterocycles. The van der Waals surface area contributed by atoms with Crippen molar-refractivity contribution >= 4 is 29.9 Å². The molecule has 0 aromatic rings. The smallest absolute Gasteiger partial charge is 0.193 e. The summed E-state index contributed by atoms with van der Waals surface area (Å²) in [5.41, 5.74) is 0. The number of hydrogen-bond donors (Lipinski definition) is 1. The summed E-state index contributed by atoms with van der Waals surface area (Å²) in [5, 5.41) is 3.43. The number of aliphatic imine (C=N–C) groups is 1.